The van der Waals surface area contributed by atoms with Gasteiger partial charge < -0.3 is 23.8 Å². The Bertz CT molecular complexity index is 1200. The summed E-state index contributed by atoms with van der Waals surface area (Å²) in [6, 6.07) is 19.5. The van der Waals surface area contributed by atoms with E-state index >= 15 is 0 Å². The molecule has 0 bridgehead atoms. The van der Waals surface area contributed by atoms with E-state index in [9.17, 15) is 4.79 Å². The Kier molecular flexibility index (Phi) is 8.56. The molecule has 0 saturated carbocycles. The highest BCUT2D eigenvalue weighted by atomic mass is 16.5. The van der Waals surface area contributed by atoms with Crippen LogP contribution in [0.5, 0.6) is 23.0 Å². The predicted molar refractivity (Wildman–Crippen MR) is 145 cm³/mol. The second kappa shape index (κ2) is 12.0. The van der Waals surface area contributed by atoms with Gasteiger partial charge in [-0.2, -0.15) is 0 Å². The minimum Gasteiger partial charge on any atom is -0.497 e. The highest BCUT2D eigenvalue weighted by molar-refractivity contribution is 6.06. The van der Waals surface area contributed by atoms with Crippen molar-refractivity contribution < 1.29 is 23.7 Å². The van der Waals surface area contributed by atoms with E-state index in [1.165, 1.54) is 0 Å². The van der Waals surface area contributed by atoms with Crippen LogP contribution in [0.3, 0.4) is 0 Å². The first-order valence-corrected chi connectivity index (χ1v) is 12.5. The molecular formula is C30H36N2O5. The fourth-order valence-electron chi connectivity index (χ4n) is 4.94. The molecule has 0 aliphatic carbocycles. The molecule has 1 saturated heterocycles. The molecule has 0 atom stereocenters. The average molecular weight is 505 g/mol. The molecule has 1 aliphatic rings. The highest BCUT2D eigenvalue weighted by Crippen LogP contribution is 2.35. The van der Waals surface area contributed by atoms with Crippen molar-refractivity contribution in [2.45, 2.75) is 32.4 Å². The van der Waals surface area contributed by atoms with Crippen LogP contribution in [0.15, 0.2) is 60.7 Å². The van der Waals surface area contributed by atoms with Gasteiger partial charge in [0, 0.05) is 49.1 Å². The molecule has 7 heteroatoms. The molecule has 196 valence electrons. The van der Waals surface area contributed by atoms with E-state index in [4.69, 9.17) is 18.9 Å². The van der Waals surface area contributed by atoms with Crippen LogP contribution >= 0.6 is 0 Å². The first-order valence-electron chi connectivity index (χ1n) is 12.5. The molecule has 1 amide bonds. The van der Waals surface area contributed by atoms with Crippen LogP contribution in [0.1, 0.15) is 34.3 Å². The first kappa shape index (κ1) is 26.4. The van der Waals surface area contributed by atoms with Crippen molar-refractivity contribution in [3.8, 4) is 23.0 Å². The number of aryl methyl sites for hydroxylation is 1. The van der Waals surface area contributed by atoms with Gasteiger partial charge in [0.15, 0.2) is 11.5 Å². The Balaban J connectivity index is 1.56. The number of carbonyl (C=O) groups excluding carboxylic acids is 1. The zero-order chi connectivity index (χ0) is 26.4. The number of piperidine rings is 1. The third-order valence-electron chi connectivity index (χ3n) is 6.87. The average Bonchev–Trinajstić information content (AvgIpc) is 2.93. The van der Waals surface area contributed by atoms with Gasteiger partial charge in [-0.3, -0.25) is 9.69 Å². The maximum absolute atomic E-state index is 13.9. The molecule has 1 heterocycles. The number of hydrogen-bond donors (Lipinski definition) is 0. The number of likely N-dealkylation sites (tertiary alicyclic amines) is 1. The molecule has 1 fully saturated rings. The minimum absolute atomic E-state index is 0.00750. The van der Waals surface area contributed by atoms with Crippen molar-refractivity contribution in [2.24, 2.45) is 0 Å². The lowest BCUT2D eigenvalue weighted by Crippen LogP contribution is -2.47. The van der Waals surface area contributed by atoms with Crippen LogP contribution < -0.4 is 23.8 Å². The Morgan fingerprint density at radius 1 is 0.838 bits per heavy atom. The summed E-state index contributed by atoms with van der Waals surface area (Å²) in [4.78, 5) is 18.2. The van der Waals surface area contributed by atoms with Crippen LogP contribution in [0.4, 0.5) is 5.69 Å². The summed E-state index contributed by atoms with van der Waals surface area (Å²) in [5, 5.41) is 0. The van der Waals surface area contributed by atoms with Crippen molar-refractivity contribution in [1.82, 2.24) is 4.90 Å². The van der Waals surface area contributed by atoms with Crippen molar-refractivity contribution in [2.75, 3.05) is 46.4 Å². The van der Waals surface area contributed by atoms with Gasteiger partial charge in [-0.15, -0.1) is 0 Å². The van der Waals surface area contributed by atoms with Crippen LogP contribution in [0.25, 0.3) is 0 Å². The van der Waals surface area contributed by atoms with E-state index in [0.29, 0.717) is 17.1 Å². The number of rotatable bonds is 9. The largest absolute Gasteiger partial charge is 0.497 e. The summed E-state index contributed by atoms with van der Waals surface area (Å²) < 4.78 is 21.8. The molecule has 0 aromatic heterocycles. The van der Waals surface area contributed by atoms with Crippen molar-refractivity contribution in [3.05, 3.63) is 77.4 Å². The second-order valence-electron chi connectivity index (χ2n) is 9.31. The van der Waals surface area contributed by atoms with Gasteiger partial charge in [0.05, 0.1) is 28.4 Å². The summed E-state index contributed by atoms with van der Waals surface area (Å²) in [7, 11) is 6.55. The number of amides is 1. The maximum Gasteiger partial charge on any atom is 0.258 e. The summed E-state index contributed by atoms with van der Waals surface area (Å²) in [5.74, 6) is 2.80. The number of nitrogens with zero attached hydrogens (tertiary/aromatic N) is 2. The number of methoxy groups -OCH3 is 4. The van der Waals surface area contributed by atoms with E-state index in [0.717, 1.165) is 60.8 Å². The molecule has 3 aromatic rings. The molecule has 0 spiro atoms. The van der Waals surface area contributed by atoms with E-state index in [-0.39, 0.29) is 11.9 Å². The maximum atomic E-state index is 13.9. The summed E-state index contributed by atoms with van der Waals surface area (Å²) in [6.07, 6.45) is 1.71. The van der Waals surface area contributed by atoms with Gasteiger partial charge in [-0.25, -0.2) is 0 Å². The molecule has 1 aliphatic heterocycles. The molecular weight excluding hydrogens is 468 g/mol. The van der Waals surface area contributed by atoms with Gasteiger partial charge in [0.25, 0.3) is 5.91 Å². The van der Waals surface area contributed by atoms with Gasteiger partial charge in [-0.1, -0.05) is 17.7 Å². The summed E-state index contributed by atoms with van der Waals surface area (Å²) in [5.41, 5.74) is 3.68. The Morgan fingerprint density at radius 3 is 2.11 bits per heavy atom. The van der Waals surface area contributed by atoms with Crippen molar-refractivity contribution in [1.29, 1.82) is 0 Å². The fraction of sp³-hybridized carbons (Fsp3) is 0.367. The molecule has 4 rings (SSSR count). The predicted octanol–water partition coefficient (Wildman–Crippen LogP) is 5.34. The van der Waals surface area contributed by atoms with Gasteiger partial charge in [0.1, 0.15) is 11.5 Å². The van der Waals surface area contributed by atoms with E-state index < -0.39 is 0 Å². The fourth-order valence-corrected chi connectivity index (χ4v) is 4.94. The lowest BCUT2D eigenvalue weighted by molar-refractivity contribution is 0.0958. The minimum atomic E-state index is -0.00750. The Hall–Kier alpha value is -3.71. The zero-order valence-electron chi connectivity index (χ0n) is 22.3. The van der Waals surface area contributed by atoms with E-state index in [1.54, 1.807) is 28.4 Å². The third-order valence-corrected chi connectivity index (χ3v) is 6.87. The zero-order valence-corrected chi connectivity index (χ0v) is 22.3. The molecule has 37 heavy (non-hydrogen) atoms. The molecule has 0 radical (unpaired) electrons. The smallest absolute Gasteiger partial charge is 0.258 e. The first-order chi connectivity index (χ1) is 17.9. The van der Waals surface area contributed by atoms with E-state index in [1.807, 2.05) is 72.5 Å². The molecule has 0 unspecified atom stereocenters. The van der Waals surface area contributed by atoms with Gasteiger partial charge >= 0.3 is 0 Å². The van der Waals surface area contributed by atoms with Crippen LogP contribution in [-0.4, -0.2) is 58.4 Å². The second-order valence-corrected chi connectivity index (χ2v) is 9.31. The molecule has 7 nitrogen and oxygen atoms in total. The highest BCUT2D eigenvalue weighted by Gasteiger charge is 2.30. The van der Waals surface area contributed by atoms with Crippen LogP contribution in [0, 0.1) is 6.92 Å². The normalized spacial score (nSPS) is 14.2. The Labute approximate surface area is 219 Å². The SMILES string of the molecule is COc1cc(CN2CCC(N(C(=O)c3cccc(C)c3)c3ccc(OC)c(OC)c3)CC2)cc(OC)c1. The lowest BCUT2D eigenvalue weighted by Gasteiger charge is -2.39. The number of hydrogen-bond acceptors (Lipinski definition) is 6. The monoisotopic (exact) mass is 504 g/mol. The summed E-state index contributed by atoms with van der Waals surface area (Å²) >= 11 is 0. The van der Waals surface area contributed by atoms with Crippen LogP contribution in [-0.2, 0) is 6.54 Å². The Morgan fingerprint density at radius 2 is 1.51 bits per heavy atom. The van der Waals surface area contributed by atoms with Gasteiger partial charge in [-0.05, 0) is 61.7 Å². The van der Waals surface area contributed by atoms with Crippen molar-refractivity contribution >= 4 is 11.6 Å². The lowest BCUT2D eigenvalue weighted by atomic mass is 9.99. The number of carbonyl (C=O) groups is 1. The summed E-state index contributed by atoms with van der Waals surface area (Å²) in [6.45, 7) is 4.54. The number of ether oxygens (including phenoxy) is 4. The van der Waals surface area contributed by atoms with Crippen LogP contribution in [0.2, 0.25) is 0 Å². The van der Waals surface area contributed by atoms with Gasteiger partial charge in [0.2, 0.25) is 0 Å². The topological polar surface area (TPSA) is 60.5 Å². The third kappa shape index (κ3) is 6.17. The quantitative estimate of drug-likeness (QED) is 0.392. The van der Waals surface area contributed by atoms with Crippen molar-refractivity contribution in [3.63, 3.8) is 0 Å². The number of benzene rings is 3. The standard InChI is InChI=1S/C30H36N2O5/c1-21-7-6-8-23(15-21)30(33)32(25-9-10-28(36-4)29(18-25)37-5)24-11-13-31(14-12-24)20-22-16-26(34-2)19-27(17-22)35-3/h6-10,15-19,24H,11-14,20H2,1-5H3. The molecule has 3 aromatic carbocycles. The van der Waals surface area contributed by atoms with E-state index in [2.05, 4.69) is 4.90 Å². The molecule has 0 N–H and O–H groups in total. The number of anilines is 1.